The molecule has 38 heavy (non-hydrogen) atoms. The number of ether oxygens (including phenoxy) is 2. The molecule has 1 unspecified atom stereocenters. The minimum absolute atomic E-state index is 0.253. The van der Waals surface area contributed by atoms with Crippen molar-refractivity contribution in [1.82, 2.24) is 25.0 Å². The number of carbonyl (C=O) groups excluding carboxylic acids is 1. The predicted molar refractivity (Wildman–Crippen MR) is 148 cm³/mol. The van der Waals surface area contributed by atoms with Crippen LogP contribution in [0, 0.1) is 0 Å². The van der Waals surface area contributed by atoms with Gasteiger partial charge in [-0.15, -0.1) is 10.2 Å². The lowest BCUT2D eigenvalue weighted by molar-refractivity contribution is -0.156. The average Bonchev–Trinajstić information content (AvgIpc) is 3.53. The number of hydrogen-bond acceptors (Lipinski definition) is 9. The lowest BCUT2D eigenvalue weighted by Gasteiger charge is -2.28. The monoisotopic (exact) mass is 537 g/mol. The third-order valence-electron chi connectivity index (χ3n) is 6.57. The Morgan fingerprint density at radius 3 is 2.74 bits per heavy atom. The zero-order valence-electron chi connectivity index (χ0n) is 22.3. The highest BCUT2D eigenvalue weighted by atomic mass is 35.5. The number of aromatic nitrogens is 5. The molecule has 1 N–H and O–H groups in total. The van der Waals surface area contributed by atoms with E-state index >= 15 is 0 Å². The number of benzene rings is 1. The van der Waals surface area contributed by atoms with Gasteiger partial charge in [-0.2, -0.15) is 5.10 Å². The normalized spacial score (nSPS) is 15.8. The van der Waals surface area contributed by atoms with Crippen LogP contribution in [0.25, 0.3) is 21.8 Å². The highest BCUT2D eigenvalue weighted by Crippen LogP contribution is 2.37. The van der Waals surface area contributed by atoms with Crippen molar-refractivity contribution < 1.29 is 14.3 Å². The van der Waals surface area contributed by atoms with Gasteiger partial charge in [0, 0.05) is 36.6 Å². The Morgan fingerprint density at radius 2 is 2.03 bits per heavy atom. The van der Waals surface area contributed by atoms with E-state index in [1.807, 2.05) is 61.7 Å². The lowest BCUT2D eigenvalue weighted by Crippen LogP contribution is -2.41. The van der Waals surface area contributed by atoms with Crippen molar-refractivity contribution in [3.8, 4) is 5.75 Å². The first-order chi connectivity index (χ1) is 18.2. The van der Waals surface area contributed by atoms with Crippen LogP contribution >= 0.6 is 11.6 Å². The van der Waals surface area contributed by atoms with Crippen molar-refractivity contribution in [1.29, 1.82) is 0 Å². The number of halogens is 1. The van der Waals surface area contributed by atoms with Crippen LogP contribution in [0.1, 0.15) is 46.1 Å². The van der Waals surface area contributed by atoms with E-state index in [0.717, 1.165) is 33.8 Å². The first-order valence-electron chi connectivity index (χ1n) is 12.8. The Kier molecular flexibility index (Phi) is 7.00. The smallest absolute Gasteiger partial charge is 0.329 e. The molecular weight excluding hydrogens is 506 g/mol. The molecule has 1 aromatic carbocycles. The van der Waals surface area contributed by atoms with E-state index in [2.05, 4.69) is 20.6 Å². The van der Waals surface area contributed by atoms with E-state index < -0.39 is 11.6 Å². The quantitative estimate of drug-likeness (QED) is 0.326. The summed E-state index contributed by atoms with van der Waals surface area (Å²) in [5.41, 5.74) is 1.16. The molecule has 1 atom stereocenters. The van der Waals surface area contributed by atoms with Gasteiger partial charge in [0.25, 0.3) is 0 Å². The van der Waals surface area contributed by atoms with Crippen LogP contribution in [-0.2, 0) is 22.6 Å². The Morgan fingerprint density at radius 1 is 1.21 bits per heavy atom. The van der Waals surface area contributed by atoms with E-state index in [1.54, 1.807) is 13.3 Å². The van der Waals surface area contributed by atoms with E-state index in [0.29, 0.717) is 48.5 Å². The molecule has 0 saturated carbocycles. The first-order valence-corrected chi connectivity index (χ1v) is 13.1. The predicted octanol–water partition coefficient (Wildman–Crippen LogP) is 4.98. The van der Waals surface area contributed by atoms with E-state index in [-0.39, 0.29) is 5.97 Å². The molecule has 1 saturated heterocycles. The second-order valence-electron chi connectivity index (χ2n) is 10.3. The molecular formula is C27H32ClN7O3. The molecule has 4 heterocycles. The van der Waals surface area contributed by atoms with Crippen LogP contribution in [0.2, 0.25) is 5.02 Å². The number of anilines is 2. The molecule has 5 rings (SSSR count). The van der Waals surface area contributed by atoms with Gasteiger partial charge in [-0.25, -0.2) is 14.5 Å². The van der Waals surface area contributed by atoms with Crippen molar-refractivity contribution in [3.63, 3.8) is 0 Å². The Hall–Kier alpha value is -3.66. The average molecular weight is 538 g/mol. The number of nitrogens with zero attached hydrogens (tertiary/aromatic N) is 6. The maximum absolute atomic E-state index is 13.1. The summed E-state index contributed by atoms with van der Waals surface area (Å²) in [4.78, 5) is 19.8. The van der Waals surface area contributed by atoms with Gasteiger partial charge in [0.05, 0.1) is 23.7 Å². The Labute approximate surface area is 226 Å². The van der Waals surface area contributed by atoms with Crippen LogP contribution in [0.5, 0.6) is 5.75 Å². The molecule has 10 nitrogen and oxygen atoms in total. The zero-order chi connectivity index (χ0) is 27.0. The molecule has 3 aromatic heterocycles. The second kappa shape index (κ2) is 10.2. The van der Waals surface area contributed by atoms with Gasteiger partial charge >= 0.3 is 5.97 Å². The third-order valence-corrected chi connectivity index (χ3v) is 6.86. The van der Waals surface area contributed by atoms with Gasteiger partial charge in [-0.3, -0.25) is 0 Å². The zero-order valence-corrected chi connectivity index (χ0v) is 23.0. The Balaban J connectivity index is 1.57. The fraction of sp³-hybridized carbons (Fsp3) is 0.444. The SMILES string of the molecule is CCn1ncc2c3c(NCc4ccc(OC)c(Cl)c4)nnc(N4CCCC4C(=O)OC(C)(C)C)c3cnc21. The van der Waals surface area contributed by atoms with Crippen molar-refractivity contribution in [2.24, 2.45) is 0 Å². The van der Waals surface area contributed by atoms with E-state index in [4.69, 9.17) is 26.1 Å². The number of aryl methyl sites for hydroxylation is 1. The number of rotatable bonds is 7. The Bertz CT molecular complexity index is 1500. The molecule has 200 valence electrons. The summed E-state index contributed by atoms with van der Waals surface area (Å²) in [6.45, 7) is 9.50. The highest BCUT2D eigenvalue weighted by molar-refractivity contribution is 6.32. The summed E-state index contributed by atoms with van der Waals surface area (Å²) in [6.07, 6.45) is 5.16. The number of methoxy groups -OCH3 is 1. The second-order valence-corrected chi connectivity index (χ2v) is 10.7. The number of pyridine rings is 1. The van der Waals surface area contributed by atoms with Crippen molar-refractivity contribution in [3.05, 3.63) is 41.2 Å². The van der Waals surface area contributed by atoms with Crippen LogP contribution in [0.15, 0.2) is 30.6 Å². The van der Waals surface area contributed by atoms with Gasteiger partial charge < -0.3 is 19.7 Å². The number of fused-ring (bicyclic) bond motifs is 3. The summed E-state index contributed by atoms with van der Waals surface area (Å²) in [6, 6.07) is 5.22. The van der Waals surface area contributed by atoms with Gasteiger partial charge in [-0.05, 0) is 58.2 Å². The molecule has 0 amide bonds. The van der Waals surface area contributed by atoms with Crippen LogP contribution < -0.4 is 15.0 Å². The molecule has 0 radical (unpaired) electrons. The van der Waals surface area contributed by atoms with E-state index in [1.165, 1.54) is 0 Å². The summed E-state index contributed by atoms with van der Waals surface area (Å²) in [5.74, 6) is 1.59. The minimum Gasteiger partial charge on any atom is -0.495 e. The standard InChI is InChI=1S/C27H32ClN7O3/c1-6-35-24-18(15-31-35)22-17(14-30-24)25(34-11-7-8-20(34)26(36)38-27(2,3)4)33-32-23(22)29-13-16-9-10-21(37-5)19(28)12-16/h9-10,12,14-15,20H,6-8,11,13H2,1-5H3,(H,29,32). The first kappa shape index (κ1) is 26.0. The number of nitrogens with one attached hydrogen (secondary N) is 1. The van der Waals surface area contributed by atoms with Crippen LogP contribution in [-0.4, -0.2) is 56.2 Å². The fourth-order valence-electron chi connectivity index (χ4n) is 4.86. The van der Waals surface area contributed by atoms with Gasteiger partial charge in [0.15, 0.2) is 17.3 Å². The lowest BCUT2D eigenvalue weighted by atomic mass is 10.1. The molecule has 0 bridgehead atoms. The maximum atomic E-state index is 13.1. The highest BCUT2D eigenvalue weighted by Gasteiger charge is 2.36. The summed E-state index contributed by atoms with van der Waals surface area (Å²) < 4.78 is 12.8. The largest absolute Gasteiger partial charge is 0.495 e. The summed E-state index contributed by atoms with van der Waals surface area (Å²) >= 11 is 6.33. The summed E-state index contributed by atoms with van der Waals surface area (Å²) in [7, 11) is 1.59. The topological polar surface area (TPSA) is 107 Å². The van der Waals surface area contributed by atoms with Gasteiger partial charge in [0.1, 0.15) is 17.4 Å². The molecule has 1 fully saturated rings. The van der Waals surface area contributed by atoms with Crippen molar-refractivity contribution in [2.75, 3.05) is 23.9 Å². The van der Waals surface area contributed by atoms with Crippen LogP contribution in [0.4, 0.5) is 11.6 Å². The third kappa shape index (κ3) is 4.92. The van der Waals surface area contributed by atoms with Crippen LogP contribution in [0.3, 0.4) is 0 Å². The van der Waals surface area contributed by atoms with Gasteiger partial charge in [0.2, 0.25) is 0 Å². The fourth-order valence-corrected chi connectivity index (χ4v) is 5.14. The number of esters is 1. The van der Waals surface area contributed by atoms with Crippen molar-refractivity contribution in [2.45, 2.75) is 65.3 Å². The van der Waals surface area contributed by atoms with E-state index in [9.17, 15) is 4.79 Å². The maximum Gasteiger partial charge on any atom is 0.329 e. The molecule has 11 heteroatoms. The molecule has 1 aliphatic heterocycles. The molecule has 0 spiro atoms. The summed E-state index contributed by atoms with van der Waals surface area (Å²) in [5, 5.41) is 20.2. The number of hydrogen-bond donors (Lipinski definition) is 1. The van der Waals surface area contributed by atoms with Crippen molar-refractivity contribution >= 4 is 51.0 Å². The van der Waals surface area contributed by atoms with Gasteiger partial charge in [-0.1, -0.05) is 17.7 Å². The minimum atomic E-state index is -0.570. The molecule has 1 aliphatic rings. The number of carbonyl (C=O) groups is 1. The molecule has 0 aliphatic carbocycles. The molecule has 4 aromatic rings.